The van der Waals surface area contributed by atoms with Gasteiger partial charge in [-0.2, -0.15) is 0 Å². The van der Waals surface area contributed by atoms with Crippen molar-refractivity contribution in [2.45, 2.75) is 58.9 Å². The highest BCUT2D eigenvalue weighted by atomic mass is 16.5. The van der Waals surface area contributed by atoms with Crippen LogP contribution in [0, 0.1) is 12.8 Å². The third-order valence-electron chi connectivity index (χ3n) is 4.35. The van der Waals surface area contributed by atoms with E-state index in [0.717, 1.165) is 24.8 Å². The molecule has 0 bridgehead atoms. The summed E-state index contributed by atoms with van der Waals surface area (Å²) < 4.78 is 5.87. The second-order valence-corrected chi connectivity index (χ2v) is 5.91. The van der Waals surface area contributed by atoms with Crippen LogP contribution >= 0.6 is 0 Å². The van der Waals surface area contributed by atoms with Gasteiger partial charge in [0.25, 0.3) is 0 Å². The van der Waals surface area contributed by atoms with E-state index in [1.165, 1.54) is 43.2 Å². The summed E-state index contributed by atoms with van der Waals surface area (Å²) >= 11 is 0. The van der Waals surface area contributed by atoms with Gasteiger partial charge >= 0.3 is 0 Å². The average molecular weight is 275 g/mol. The van der Waals surface area contributed by atoms with Crippen LogP contribution in [0.2, 0.25) is 0 Å². The van der Waals surface area contributed by atoms with Gasteiger partial charge in [0.15, 0.2) is 0 Å². The van der Waals surface area contributed by atoms with Crippen molar-refractivity contribution < 1.29 is 4.74 Å². The molecule has 2 nitrogen and oxygen atoms in total. The molecular weight excluding hydrogens is 246 g/mol. The molecule has 1 N–H and O–H groups in total. The topological polar surface area (TPSA) is 21.3 Å². The summed E-state index contributed by atoms with van der Waals surface area (Å²) in [5.74, 6) is 1.82. The van der Waals surface area contributed by atoms with E-state index in [0.29, 0.717) is 6.04 Å². The van der Waals surface area contributed by atoms with Crippen LogP contribution in [0.15, 0.2) is 18.2 Å². The summed E-state index contributed by atoms with van der Waals surface area (Å²) in [4.78, 5) is 0. The van der Waals surface area contributed by atoms with Crippen LogP contribution in [-0.4, -0.2) is 13.2 Å². The summed E-state index contributed by atoms with van der Waals surface area (Å²) in [5.41, 5.74) is 2.68. The maximum absolute atomic E-state index is 5.87. The Morgan fingerprint density at radius 1 is 1.20 bits per heavy atom. The monoisotopic (exact) mass is 275 g/mol. The first-order valence-corrected chi connectivity index (χ1v) is 8.23. The Balaban J connectivity index is 2.28. The molecule has 1 aliphatic carbocycles. The molecule has 1 aromatic carbocycles. The van der Waals surface area contributed by atoms with Crippen molar-refractivity contribution in [3.63, 3.8) is 0 Å². The maximum Gasteiger partial charge on any atom is 0.124 e. The van der Waals surface area contributed by atoms with E-state index in [1.54, 1.807) is 0 Å². The fraction of sp³-hybridized carbons (Fsp3) is 0.667. The highest BCUT2D eigenvalue weighted by molar-refractivity contribution is 5.39. The quantitative estimate of drug-likeness (QED) is 0.817. The zero-order valence-electron chi connectivity index (χ0n) is 13.2. The Labute approximate surface area is 123 Å². The number of rotatable bonds is 6. The molecule has 20 heavy (non-hydrogen) atoms. The lowest BCUT2D eigenvalue weighted by molar-refractivity contribution is 0.263. The van der Waals surface area contributed by atoms with Gasteiger partial charge in [-0.15, -0.1) is 0 Å². The van der Waals surface area contributed by atoms with Crippen molar-refractivity contribution in [2.24, 2.45) is 5.92 Å². The Bertz CT molecular complexity index is 410. The lowest BCUT2D eigenvalue weighted by atomic mass is 9.80. The fourth-order valence-electron chi connectivity index (χ4n) is 3.42. The van der Waals surface area contributed by atoms with Crippen LogP contribution in [-0.2, 0) is 0 Å². The number of aryl methyl sites for hydroxylation is 1. The van der Waals surface area contributed by atoms with E-state index in [9.17, 15) is 0 Å². The molecule has 1 aliphatic rings. The lowest BCUT2D eigenvalue weighted by Crippen LogP contribution is -2.30. The lowest BCUT2D eigenvalue weighted by Gasteiger charge is -2.32. The van der Waals surface area contributed by atoms with Crippen LogP contribution in [0.4, 0.5) is 0 Å². The summed E-state index contributed by atoms with van der Waals surface area (Å²) in [6.07, 6.45) is 6.85. The van der Waals surface area contributed by atoms with E-state index in [1.807, 2.05) is 0 Å². The number of hydrogen-bond donors (Lipinski definition) is 1. The van der Waals surface area contributed by atoms with Crippen LogP contribution in [0.5, 0.6) is 5.75 Å². The first-order chi connectivity index (χ1) is 9.76. The van der Waals surface area contributed by atoms with Gasteiger partial charge in [0.2, 0.25) is 0 Å². The number of nitrogens with one attached hydrogen (secondary N) is 1. The Morgan fingerprint density at radius 2 is 1.95 bits per heavy atom. The largest absolute Gasteiger partial charge is 0.494 e. The summed E-state index contributed by atoms with van der Waals surface area (Å²) in [6, 6.07) is 7.05. The maximum atomic E-state index is 5.87. The second-order valence-electron chi connectivity index (χ2n) is 5.91. The molecule has 0 radical (unpaired) electrons. The molecule has 1 saturated carbocycles. The number of hydrogen-bond acceptors (Lipinski definition) is 2. The van der Waals surface area contributed by atoms with E-state index in [2.05, 4.69) is 44.3 Å². The zero-order valence-corrected chi connectivity index (χ0v) is 13.2. The van der Waals surface area contributed by atoms with Crippen molar-refractivity contribution in [3.8, 4) is 5.75 Å². The van der Waals surface area contributed by atoms with Gasteiger partial charge in [0.1, 0.15) is 5.75 Å². The third-order valence-corrected chi connectivity index (χ3v) is 4.35. The molecular formula is C18H29NO. The van der Waals surface area contributed by atoms with E-state index < -0.39 is 0 Å². The predicted octanol–water partition coefficient (Wildman–Crippen LogP) is 4.62. The molecule has 0 aliphatic heterocycles. The molecule has 1 atom stereocenters. The first-order valence-electron chi connectivity index (χ1n) is 8.23. The van der Waals surface area contributed by atoms with E-state index >= 15 is 0 Å². The molecule has 112 valence electrons. The van der Waals surface area contributed by atoms with Gasteiger partial charge in [0.05, 0.1) is 6.61 Å². The minimum Gasteiger partial charge on any atom is -0.494 e. The van der Waals surface area contributed by atoms with Crippen molar-refractivity contribution in [1.29, 1.82) is 0 Å². The fourth-order valence-corrected chi connectivity index (χ4v) is 3.42. The second kappa shape index (κ2) is 7.68. The molecule has 1 unspecified atom stereocenters. The van der Waals surface area contributed by atoms with Crippen LogP contribution in [0.25, 0.3) is 0 Å². The van der Waals surface area contributed by atoms with Gasteiger partial charge in [-0.1, -0.05) is 43.9 Å². The SMILES string of the molecule is CCNC(c1cc(C)ccc1OCC)C1CCCCC1. The van der Waals surface area contributed by atoms with Crippen molar-refractivity contribution in [3.05, 3.63) is 29.3 Å². The van der Waals surface area contributed by atoms with E-state index in [-0.39, 0.29) is 0 Å². The Hall–Kier alpha value is -1.02. The normalized spacial score (nSPS) is 17.9. The van der Waals surface area contributed by atoms with Gasteiger partial charge in [-0.25, -0.2) is 0 Å². The highest BCUT2D eigenvalue weighted by Crippen LogP contribution is 2.38. The average Bonchev–Trinajstić information content (AvgIpc) is 2.48. The smallest absolute Gasteiger partial charge is 0.124 e. The Morgan fingerprint density at radius 3 is 2.60 bits per heavy atom. The summed E-state index contributed by atoms with van der Waals surface area (Å²) in [7, 11) is 0. The minimum atomic E-state index is 0.446. The molecule has 1 aromatic rings. The van der Waals surface area contributed by atoms with Gasteiger partial charge in [-0.3, -0.25) is 0 Å². The molecule has 0 spiro atoms. The van der Waals surface area contributed by atoms with Crippen molar-refractivity contribution in [2.75, 3.05) is 13.2 Å². The van der Waals surface area contributed by atoms with E-state index in [4.69, 9.17) is 4.74 Å². The molecule has 0 aromatic heterocycles. The zero-order chi connectivity index (χ0) is 14.4. The third kappa shape index (κ3) is 3.76. The standard InChI is InChI=1S/C18H29NO/c1-4-19-18(15-9-7-6-8-10-15)16-13-14(3)11-12-17(16)20-5-2/h11-13,15,18-19H,4-10H2,1-3H3. The predicted molar refractivity (Wildman–Crippen MR) is 85.3 cm³/mol. The summed E-state index contributed by atoms with van der Waals surface area (Å²) in [6.45, 7) is 8.18. The highest BCUT2D eigenvalue weighted by Gasteiger charge is 2.26. The molecule has 1 fully saturated rings. The Kier molecular flexibility index (Phi) is 5.90. The summed E-state index contributed by atoms with van der Waals surface area (Å²) in [5, 5.41) is 3.71. The van der Waals surface area contributed by atoms with Crippen LogP contribution in [0.1, 0.15) is 63.1 Å². The minimum absolute atomic E-state index is 0.446. The van der Waals surface area contributed by atoms with Crippen LogP contribution in [0.3, 0.4) is 0 Å². The number of benzene rings is 1. The van der Waals surface area contributed by atoms with Gasteiger partial charge in [-0.05, 0) is 45.2 Å². The molecule has 0 saturated heterocycles. The van der Waals surface area contributed by atoms with Gasteiger partial charge in [0, 0.05) is 11.6 Å². The molecule has 0 amide bonds. The van der Waals surface area contributed by atoms with Crippen LogP contribution < -0.4 is 10.1 Å². The van der Waals surface area contributed by atoms with Crippen molar-refractivity contribution in [1.82, 2.24) is 5.32 Å². The van der Waals surface area contributed by atoms with Crippen molar-refractivity contribution >= 4 is 0 Å². The first kappa shape index (κ1) is 15.4. The number of ether oxygens (including phenoxy) is 1. The molecule has 2 rings (SSSR count). The molecule has 2 heteroatoms. The molecule has 0 heterocycles. The van der Waals surface area contributed by atoms with Gasteiger partial charge < -0.3 is 10.1 Å².